The Hall–Kier alpha value is -2.96. The average Bonchev–Trinajstić information content (AvgIpc) is 3.48. The molecule has 0 amide bonds. The zero-order valence-electron chi connectivity index (χ0n) is 20.6. The van der Waals surface area contributed by atoms with E-state index in [-0.39, 0.29) is 19.6 Å². The second-order valence-electron chi connectivity index (χ2n) is 9.42. The van der Waals surface area contributed by atoms with Crippen LogP contribution in [0.5, 0.6) is 11.5 Å². The van der Waals surface area contributed by atoms with Crippen LogP contribution in [0.25, 0.3) is 0 Å². The Morgan fingerprint density at radius 2 is 1.92 bits per heavy atom. The highest BCUT2D eigenvalue weighted by Crippen LogP contribution is 2.37. The maximum Gasteiger partial charge on any atom is 0.408 e. The summed E-state index contributed by atoms with van der Waals surface area (Å²) in [4.78, 5) is 4.66. The Balaban J connectivity index is 1.31. The van der Waals surface area contributed by atoms with E-state index in [0.717, 1.165) is 41.1 Å². The van der Waals surface area contributed by atoms with E-state index in [1.165, 1.54) is 17.3 Å². The molecule has 0 saturated carbocycles. The average molecular weight is 551 g/mol. The molecule has 38 heavy (non-hydrogen) atoms. The molecule has 0 aliphatic carbocycles. The van der Waals surface area contributed by atoms with Crippen molar-refractivity contribution in [1.29, 1.82) is 0 Å². The molecule has 2 aromatic heterocycles. The molecule has 0 bridgehead atoms. The number of pyridine rings is 1. The van der Waals surface area contributed by atoms with Crippen LogP contribution in [0.2, 0.25) is 0 Å². The Bertz CT molecular complexity index is 1270. The van der Waals surface area contributed by atoms with E-state index in [0.29, 0.717) is 34.4 Å². The third-order valence-corrected chi connectivity index (χ3v) is 7.53. The highest BCUT2D eigenvalue weighted by molar-refractivity contribution is 7.99. The Morgan fingerprint density at radius 3 is 2.74 bits per heavy atom. The molecule has 2 aliphatic rings. The number of rotatable bonds is 10. The first kappa shape index (κ1) is 26.6. The highest BCUT2D eigenvalue weighted by Gasteiger charge is 2.30. The van der Waals surface area contributed by atoms with Gasteiger partial charge >= 0.3 is 6.18 Å². The Labute approximate surface area is 222 Å². The van der Waals surface area contributed by atoms with Gasteiger partial charge in [-0.3, -0.25) is 0 Å². The molecule has 204 valence electrons. The van der Waals surface area contributed by atoms with Gasteiger partial charge in [0.15, 0.2) is 17.8 Å². The van der Waals surface area contributed by atoms with Crippen LogP contribution in [-0.4, -0.2) is 56.5 Å². The number of benzene rings is 1. The van der Waals surface area contributed by atoms with Gasteiger partial charge in [-0.15, -0.1) is 11.8 Å². The van der Waals surface area contributed by atoms with Crippen molar-refractivity contribution in [2.45, 2.75) is 62.1 Å². The molecule has 4 heterocycles. The zero-order valence-corrected chi connectivity index (χ0v) is 21.4. The topological polar surface area (TPSA) is 102 Å². The number of aromatic nitrogens is 3. The highest BCUT2D eigenvalue weighted by atomic mass is 32.2. The van der Waals surface area contributed by atoms with Gasteiger partial charge in [-0.05, 0) is 67.0 Å². The number of hydrogen-bond acceptors (Lipinski definition) is 8. The van der Waals surface area contributed by atoms with Gasteiger partial charge in [-0.2, -0.15) is 18.3 Å². The van der Waals surface area contributed by atoms with Crippen molar-refractivity contribution in [3.8, 4) is 11.5 Å². The van der Waals surface area contributed by atoms with Crippen molar-refractivity contribution in [3.63, 3.8) is 0 Å². The summed E-state index contributed by atoms with van der Waals surface area (Å²) in [5, 5.41) is 27.3. The van der Waals surface area contributed by atoms with Crippen molar-refractivity contribution in [2.24, 2.45) is 0 Å². The van der Waals surface area contributed by atoms with Crippen molar-refractivity contribution < 1.29 is 32.9 Å². The summed E-state index contributed by atoms with van der Waals surface area (Å²) in [6.07, 6.45) is -3.13. The van der Waals surface area contributed by atoms with E-state index in [4.69, 9.17) is 9.47 Å². The number of halogens is 3. The summed E-state index contributed by atoms with van der Waals surface area (Å²) in [7, 11) is 0. The number of fused-ring (bicyclic) bond motifs is 2. The number of aliphatic hydroxyl groups excluding tert-OH is 1. The number of nitrogens with one attached hydrogen (secondary N) is 1. The van der Waals surface area contributed by atoms with Crippen LogP contribution >= 0.6 is 11.8 Å². The first-order chi connectivity index (χ1) is 18.2. The van der Waals surface area contributed by atoms with Crippen molar-refractivity contribution in [2.75, 3.05) is 24.4 Å². The third kappa shape index (κ3) is 6.72. The predicted molar refractivity (Wildman–Crippen MR) is 136 cm³/mol. The first-order valence-corrected chi connectivity index (χ1v) is 13.5. The smallest absolute Gasteiger partial charge is 0.408 e. The lowest BCUT2D eigenvalue weighted by Crippen LogP contribution is -2.20. The van der Waals surface area contributed by atoms with Crippen molar-refractivity contribution in [1.82, 2.24) is 14.8 Å². The van der Waals surface area contributed by atoms with Gasteiger partial charge in [0, 0.05) is 24.4 Å². The van der Waals surface area contributed by atoms with E-state index in [1.807, 2.05) is 6.07 Å². The normalized spacial score (nSPS) is 15.4. The summed E-state index contributed by atoms with van der Waals surface area (Å²) in [5.41, 5.74) is 3.27. The summed E-state index contributed by atoms with van der Waals surface area (Å²) in [6.45, 7) is -0.210. The number of nitrogens with zero attached hydrogens (tertiary/aromatic N) is 3. The SMILES string of the molecule is OC(O)CC(Cc1cc(SCCc2ccc3c(n2)NCCC3)n(CC(F)(F)F)n1)c1ccc2c(c1)OCO2. The standard InChI is InChI=1S/C26H29F3N4O4S/c27-26(28,29)14-33-23(38-9-7-19-5-3-16-2-1-8-30-25(16)31-19)13-20(32-33)10-18(12-24(34)35)17-4-6-21-22(11-17)37-15-36-21/h3-6,11,13,18,24,34-35H,1-2,7-10,12,14-15H2,(H,30,31). The number of alkyl halides is 3. The summed E-state index contributed by atoms with van der Waals surface area (Å²) in [5.74, 6) is 2.17. The molecule has 1 aromatic carbocycles. The molecular weight excluding hydrogens is 521 g/mol. The molecule has 2 aliphatic heterocycles. The number of hydrogen-bond donors (Lipinski definition) is 3. The van der Waals surface area contributed by atoms with Gasteiger partial charge in [-0.25, -0.2) is 9.67 Å². The minimum absolute atomic E-state index is 0.00765. The van der Waals surface area contributed by atoms with Crippen LogP contribution in [0.1, 0.15) is 41.3 Å². The second kappa shape index (κ2) is 11.4. The Morgan fingerprint density at radius 1 is 1.08 bits per heavy atom. The maximum atomic E-state index is 13.3. The van der Waals surface area contributed by atoms with E-state index < -0.39 is 24.9 Å². The molecule has 1 atom stereocenters. The van der Waals surface area contributed by atoms with E-state index in [9.17, 15) is 23.4 Å². The fraction of sp³-hybridized carbons (Fsp3) is 0.462. The lowest BCUT2D eigenvalue weighted by atomic mass is 9.90. The minimum atomic E-state index is -4.43. The van der Waals surface area contributed by atoms with E-state index in [1.54, 1.807) is 24.3 Å². The molecule has 3 aromatic rings. The number of aliphatic hydroxyl groups is 2. The number of ether oxygens (including phenoxy) is 2. The summed E-state index contributed by atoms with van der Waals surface area (Å²) >= 11 is 1.30. The summed E-state index contributed by atoms with van der Waals surface area (Å²) < 4.78 is 51.7. The molecule has 0 radical (unpaired) electrons. The number of aryl methyl sites for hydroxylation is 2. The second-order valence-corrected chi connectivity index (χ2v) is 10.5. The number of thioether (sulfide) groups is 1. The van der Waals surface area contributed by atoms with Gasteiger partial charge < -0.3 is 25.0 Å². The quantitative estimate of drug-likeness (QED) is 0.254. The lowest BCUT2D eigenvalue weighted by Gasteiger charge is -2.18. The lowest BCUT2D eigenvalue weighted by molar-refractivity contribution is -0.144. The Kier molecular flexibility index (Phi) is 8.01. The fourth-order valence-corrected chi connectivity index (χ4v) is 5.72. The van der Waals surface area contributed by atoms with Gasteiger partial charge in [0.1, 0.15) is 12.4 Å². The van der Waals surface area contributed by atoms with Crippen LogP contribution in [0.4, 0.5) is 19.0 Å². The van der Waals surface area contributed by atoms with Crippen LogP contribution < -0.4 is 14.8 Å². The summed E-state index contributed by atoms with van der Waals surface area (Å²) in [6, 6.07) is 11.0. The molecule has 0 fully saturated rings. The monoisotopic (exact) mass is 550 g/mol. The molecule has 0 spiro atoms. The van der Waals surface area contributed by atoms with E-state index >= 15 is 0 Å². The van der Waals surface area contributed by atoms with Crippen LogP contribution in [0.3, 0.4) is 0 Å². The van der Waals surface area contributed by atoms with Crippen LogP contribution in [0, 0.1) is 0 Å². The molecule has 8 nitrogen and oxygen atoms in total. The number of anilines is 1. The van der Waals surface area contributed by atoms with Crippen molar-refractivity contribution in [3.05, 3.63) is 58.9 Å². The molecule has 3 N–H and O–H groups in total. The molecular formula is C26H29F3N4O4S. The molecule has 12 heteroatoms. The van der Waals surface area contributed by atoms with Gasteiger partial charge in [0.2, 0.25) is 6.79 Å². The zero-order chi connectivity index (χ0) is 26.7. The molecule has 1 unspecified atom stereocenters. The largest absolute Gasteiger partial charge is 0.454 e. The minimum Gasteiger partial charge on any atom is -0.454 e. The van der Waals surface area contributed by atoms with Crippen LogP contribution in [-0.2, 0) is 25.8 Å². The van der Waals surface area contributed by atoms with Gasteiger partial charge in [0.25, 0.3) is 0 Å². The first-order valence-electron chi connectivity index (χ1n) is 12.5. The predicted octanol–water partition coefficient (Wildman–Crippen LogP) is 4.29. The van der Waals surface area contributed by atoms with Crippen molar-refractivity contribution >= 4 is 17.6 Å². The van der Waals surface area contributed by atoms with Crippen LogP contribution in [0.15, 0.2) is 41.4 Å². The maximum absolute atomic E-state index is 13.3. The van der Waals surface area contributed by atoms with Gasteiger partial charge in [0.05, 0.1) is 10.7 Å². The van der Waals surface area contributed by atoms with Gasteiger partial charge in [-0.1, -0.05) is 12.1 Å². The van der Waals surface area contributed by atoms with E-state index in [2.05, 4.69) is 21.5 Å². The molecule has 5 rings (SSSR count). The molecule has 0 saturated heterocycles. The third-order valence-electron chi connectivity index (χ3n) is 6.50. The fourth-order valence-electron chi connectivity index (χ4n) is 4.73.